The summed E-state index contributed by atoms with van der Waals surface area (Å²) >= 11 is 0. The van der Waals surface area contributed by atoms with Crippen LogP contribution in [-0.4, -0.2) is 43.7 Å². The van der Waals surface area contributed by atoms with Gasteiger partial charge in [0, 0.05) is 6.54 Å². The number of carbonyl (C=O) groups is 1. The molecule has 1 aromatic carbocycles. The molecule has 136 valence electrons. The quantitative estimate of drug-likeness (QED) is 0.524. The number of rotatable bonds is 8. The number of nitrogens with zero attached hydrogens (tertiary/aromatic N) is 1. The molecular weight excluding hydrogens is 333 g/mol. The van der Waals surface area contributed by atoms with E-state index in [1.165, 1.54) is 12.1 Å². The maximum atomic E-state index is 12.8. The maximum Gasteiger partial charge on any atom is 0.310 e. The van der Waals surface area contributed by atoms with Gasteiger partial charge in [-0.2, -0.15) is 0 Å². The molecule has 0 bridgehead atoms. The molecule has 1 aromatic rings. The smallest absolute Gasteiger partial charge is 0.310 e. The van der Waals surface area contributed by atoms with Crippen molar-refractivity contribution >= 4 is 18.4 Å². The number of ether oxygens (including phenoxy) is 2. The second kappa shape index (κ2) is 11.3. The van der Waals surface area contributed by atoms with Gasteiger partial charge in [0.05, 0.1) is 19.1 Å². The zero-order valence-electron chi connectivity index (χ0n) is 14.2. The fourth-order valence-corrected chi connectivity index (χ4v) is 2.87. The Hall–Kier alpha value is -1.33. The van der Waals surface area contributed by atoms with Gasteiger partial charge in [-0.05, 0) is 70.0 Å². The van der Waals surface area contributed by atoms with E-state index in [4.69, 9.17) is 9.47 Å². The van der Waals surface area contributed by atoms with Crippen molar-refractivity contribution in [2.45, 2.75) is 32.6 Å². The first-order valence-electron chi connectivity index (χ1n) is 8.46. The molecule has 0 radical (unpaired) electrons. The molecule has 0 spiro atoms. The van der Waals surface area contributed by atoms with E-state index in [-0.39, 0.29) is 30.1 Å². The van der Waals surface area contributed by atoms with Crippen molar-refractivity contribution in [3.05, 3.63) is 30.1 Å². The molecule has 2 rings (SSSR count). The van der Waals surface area contributed by atoms with Crippen LogP contribution in [0.2, 0.25) is 0 Å². The molecule has 0 N–H and O–H groups in total. The third-order valence-corrected chi connectivity index (χ3v) is 4.08. The van der Waals surface area contributed by atoms with Gasteiger partial charge in [0.25, 0.3) is 0 Å². The van der Waals surface area contributed by atoms with Gasteiger partial charge in [0.15, 0.2) is 0 Å². The van der Waals surface area contributed by atoms with E-state index in [9.17, 15) is 9.18 Å². The highest BCUT2D eigenvalue weighted by atomic mass is 35.5. The zero-order chi connectivity index (χ0) is 16.5. The van der Waals surface area contributed by atoms with Crippen molar-refractivity contribution in [3.63, 3.8) is 0 Å². The summed E-state index contributed by atoms with van der Waals surface area (Å²) in [4.78, 5) is 14.1. The van der Waals surface area contributed by atoms with E-state index in [2.05, 4.69) is 4.90 Å². The molecule has 1 atom stereocenters. The molecule has 1 fully saturated rings. The SMILES string of the molecule is CCOC(=O)C1CCCN(CCCCOc2ccc(F)cc2)C1.Cl. The summed E-state index contributed by atoms with van der Waals surface area (Å²) in [6.07, 6.45) is 3.95. The first-order chi connectivity index (χ1) is 11.2. The lowest BCUT2D eigenvalue weighted by atomic mass is 9.98. The van der Waals surface area contributed by atoms with Crippen LogP contribution in [-0.2, 0) is 9.53 Å². The molecule has 0 aliphatic carbocycles. The monoisotopic (exact) mass is 359 g/mol. The summed E-state index contributed by atoms with van der Waals surface area (Å²) in [5.41, 5.74) is 0. The summed E-state index contributed by atoms with van der Waals surface area (Å²) in [7, 11) is 0. The van der Waals surface area contributed by atoms with Crippen LogP contribution in [0.25, 0.3) is 0 Å². The number of likely N-dealkylation sites (tertiary alicyclic amines) is 1. The van der Waals surface area contributed by atoms with Crippen LogP contribution in [0.4, 0.5) is 4.39 Å². The lowest BCUT2D eigenvalue weighted by Crippen LogP contribution is -2.39. The Bertz CT molecular complexity index is 484. The molecule has 1 aliphatic heterocycles. The molecule has 6 heteroatoms. The number of halogens is 2. The van der Waals surface area contributed by atoms with Crippen molar-refractivity contribution in [2.75, 3.05) is 32.8 Å². The molecule has 1 saturated heterocycles. The summed E-state index contributed by atoms with van der Waals surface area (Å²) in [5, 5.41) is 0. The highest BCUT2D eigenvalue weighted by Gasteiger charge is 2.26. The molecule has 1 heterocycles. The van der Waals surface area contributed by atoms with Gasteiger partial charge >= 0.3 is 5.97 Å². The van der Waals surface area contributed by atoms with Crippen LogP contribution in [0, 0.1) is 11.7 Å². The van der Waals surface area contributed by atoms with Gasteiger partial charge in [-0.25, -0.2) is 4.39 Å². The first kappa shape index (κ1) is 20.7. The molecular formula is C18H27ClFNO3. The number of unbranched alkanes of at least 4 members (excludes halogenated alkanes) is 1. The van der Waals surface area contributed by atoms with E-state index in [1.807, 2.05) is 6.92 Å². The van der Waals surface area contributed by atoms with Crippen molar-refractivity contribution in [3.8, 4) is 5.75 Å². The van der Waals surface area contributed by atoms with Gasteiger partial charge in [-0.3, -0.25) is 4.79 Å². The average molecular weight is 360 g/mol. The summed E-state index contributed by atoms with van der Waals surface area (Å²) < 4.78 is 23.5. The second-order valence-corrected chi connectivity index (χ2v) is 5.90. The summed E-state index contributed by atoms with van der Waals surface area (Å²) in [6, 6.07) is 6.09. The number of piperidine rings is 1. The predicted octanol–water partition coefficient (Wildman–Crippen LogP) is 3.68. The Labute approximate surface area is 149 Å². The lowest BCUT2D eigenvalue weighted by Gasteiger charge is -2.31. The lowest BCUT2D eigenvalue weighted by molar-refractivity contribution is -0.149. The van der Waals surface area contributed by atoms with Gasteiger partial charge in [0.1, 0.15) is 11.6 Å². The van der Waals surface area contributed by atoms with E-state index < -0.39 is 0 Å². The Morgan fingerprint density at radius 3 is 2.75 bits per heavy atom. The van der Waals surface area contributed by atoms with Crippen LogP contribution >= 0.6 is 12.4 Å². The standard InChI is InChI=1S/C18H26FNO3.ClH/c1-2-22-18(21)15-6-5-12-20(14-15)11-3-4-13-23-17-9-7-16(19)8-10-17;/h7-10,15H,2-6,11-14H2,1H3;1H. The van der Waals surface area contributed by atoms with E-state index in [1.54, 1.807) is 12.1 Å². The Kier molecular flexibility index (Phi) is 9.72. The number of hydrogen-bond acceptors (Lipinski definition) is 4. The Morgan fingerprint density at radius 1 is 1.29 bits per heavy atom. The number of hydrogen-bond donors (Lipinski definition) is 0. The molecule has 0 saturated carbocycles. The largest absolute Gasteiger partial charge is 0.494 e. The molecule has 0 aromatic heterocycles. The third-order valence-electron chi connectivity index (χ3n) is 4.08. The summed E-state index contributed by atoms with van der Waals surface area (Å²) in [6.45, 7) is 5.76. The number of carbonyl (C=O) groups excluding carboxylic acids is 1. The van der Waals surface area contributed by atoms with Crippen molar-refractivity contribution in [1.82, 2.24) is 4.90 Å². The van der Waals surface area contributed by atoms with Crippen LogP contribution in [0.1, 0.15) is 32.6 Å². The topological polar surface area (TPSA) is 38.8 Å². The highest BCUT2D eigenvalue weighted by molar-refractivity contribution is 5.85. The maximum absolute atomic E-state index is 12.8. The van der Waals surface area contributed by atoms with E-state index in [0.29, 0.717) is 19.0 Å². The van der Waals surface area contributed by atoms with Crippen molar-refractivity contribution in [1.29, 1.82) is 0 Å². The van der Waals surface area contributed by atoms with Crippen molar-refractivity contribution < 1.29 is 18.7 Å². The second-order valence-electron chi connectivity index (χ2n) is 5.90. The van der Waals surface area contributed by atoms with E-state index >= 15 is 0 Å². The zero-order valence-corrected chi connectivity index (χ0v) is 15.0. The minimum absolute atomic E-state index is 0. The van der Waals surface area contributed by atoms with Gasteiger partial charge < -0.3 is 14.4 Å². The molecule has 1 unspecified atom stereocenters. The summed E-state index contributed by atoms with van der Waals surface area (Å²) in [5.74, 6) is 0.418. The highest BCUT2D eigenvalue weighted by Crippen LogP contribution is 2.18. The third kappa shape index (κ3) is 7.05. The van der Waals surface area contributed by atoms with Crippen LogP contribution in [0.5, 0.6) is 5.75 Å². The first-order valence-corrected chi connectivity index (χ1v) is 8.46. The fourth-order valence-electron chi connectivity index (χ4n) is 2.87. The molecule has 0 amide bonds. The molecule has 1 aliphatic rings. The Balaban J connectivity index is 0.00000288. The minimum Gasteiger partial charge on any atom is -0.494 e. The molecule has 24 heavy (non-hydrogen) atoms. The minimum atomic E-state index is -0.251. The van der Waals surface area contributed by atoms with Crippen LogP contribution in [0.3, 0.4) is 0 Å². The Morgan fingerprint density at radius 2 is 2.04 bits per heavy atom. The molecule has 4 nitrogen and oxygen atoms in total. The van der Waals surface area contributed by atoms with Crippen LogP contribution in [0.15, 0.2) is 24.3 Å². The fraction of sp³-hybridized carbons (Fsp3) is 0.611. The van der Waals surface area contributed by atoms with Gasteiger partial charge in [0.2, 0.25) is 0 Å². The van der Waals surface area contributed by atoms with Crippen molar-refractivity contribution in [2.24, 2.45) is 5.92 Å². The number of esters is 1. The van der Waals surface area contributed by atoms with Gasteiger partial charge in [-0.1, -0.05) is 0 Å². The van der Waals surface area contributed by atoms with E-state index in [0.717, 1.165) is 45.3 Å². The average Bonchev–Trinajstić information content (AvgIpc) is 2.57. The normalized spacial score (nSPS) is 17.8. The van der Waals surface area contributed by atoms with Gasteiger partial charge in [-0.15, -0.1) is 12.4 Å². The number of benzene rings is 1. The predicted molar refractivity (Wildman–Crippen MR) is 94.2 cm³/mol. The van der Waals surface area contributed by atoms with Crippen LogP contribution < -0.4 is 4.74 Å².